The molecule has 0 bridgehead atoms. The second-order valence-corrected chi connectivity index (χ2v) is 7.37. The van der Waals surface area contributed by atoms with Crippen molar-refractivity contribution in [3.8, 4) is 0 Å². The van der Waals surface area contributed by atoms with E-state index >= 15 is 0 Å². The van der Waals surface area contributed by atoms with Crippen LogP contribution in [0.3, 0.4) is 0 Å². The van der Waals surface area contributed by atoms with E-state index in [1.165, 1.54) is 12.0 Å². The Morgan fingerprint density at radius 1 is 0.960 bits per heavy atom. The number of hydrogen-bond acceptors (Lipinski definition) is 3. The number of rotatable bonds is 4. The molecule has 0 aromatic heterocycles. The summed E-state index contributed by atoms with van der Waals surface area (Å²) in [6.07, 6.45) is 4.85. The summed E-state index contributed by atoms with van der Waals surface area (Å²) in [6, 6.07) is 10.7. The van der Waals surface area contributed by atoms with Gasteiger partial charge >= 0.3 is 0 Å². The van der Waals surface area contributed by atoms with Crippen LogP contribution in [0.5, 0.6) is 0 Å². The smallest absolute Gasteiger partial charge is 0.236 e. The highest BCUT2D eigenvalue weighted by Gasteiger charge is 2.27. The molecule has 0 unspecified atom stereocenters. The third kappa shape index (κ3) is 4.82. The van der Waals surface area contributed by atoms with Crippen LogP contribution in [0.4, 0.5) is 0 Å². The van der Waals surface area contributed by atoms with Gasteiger partial charge in [0.2, 0.25) is 11.8 Å². The summed E-state index contributed by atoms with van der Waals surface area (Å²) < 4.78 is 0. The number of primary amides is 1. The molecular formula is C20H29N3O2. The summed E-state index contributed by atoms with van der Waals surface area (Å²) in [7, 11) is 0. The molecule has 1 aromatic rings. The van der Waals surface area contributed by atoms with E-state index in [1.807, 2.05) is 4.90 Å². The molecule has 136 valence electrons. The zero-order chi connectivity index (χ0) is 17.6. The predicted octanol–water partition coefficient (Wildman–Crippen LogP) is 1.98. The molecule has 5 nitrogen and oxygen atoms in total. The second-order valence-electron chi connectivity index (χ2n) is 7.37. The molecule has 0 radical (unpaired) electrons. The number of nitrogens with zero attached hydrogens (tertiary/aromatic N) is 2. The Morgan fingerprint density at radius 3 is 2.36 bits per heavy atom. The first kappa shape index (κ1) is 17.9. The number of likely N-dealkylation sites (tertiary alicyclic amines) is 2. The zero-order valence-corrected chi connectivity index (χ0v) is 14.9. The normalized spacial score (nSPS) is 23.2. The number of hydrogen-bond donors (Lipinski definition) is 1. The van der Waals surface area contributed by atoms with Crippen molar-refractivity contribution in [3.63, 3.8) is 0 Å². The van der Waals surface area contributed by atoms with Crippen molar-refractivity contribution in [2.24, 2.45) is 11.7 Å². The third-order valence-electron chi connectivity index (χ3n) is 5.70. The van der Waals surface area contributed by atoms with E-state index in [0.29, 0.717) is 38.4 Å². The van der Waals surface area contributed by atoms with Crippen LogP contribution >= 0.6 is 0 Å². The fraction of sp³-hybridized carbons (Fsp3) is 0.600. The van der Waals surface area contributed by atoms with Crippen LogP contribution in [0.2, 0.25) is 0 Å². The lowest BCUT2D eigenvalue weighted by Gasteiger charge is -2.32. The highest BCUT2D eigenvalue weighted by molar-refractivity contribution is 5.80. The van der Waals surface area contributed by atoms with E-state index in [1.54, 1.807) is 0 Å². The van der Waals surface area contributed by atoms with Gasteiger partial charge in [0.1, 0.15) is 0 Å². The van der Waals surface area contributed by atoms with Gasteiger partial charge in [0.15, 0.2) is 0 Å². The van der Waals surface area contributed by atoms with Gasteiger partial charge < -0.3 is 10.6 Å². The van der Waals surface area contributed by atoms with Gasteiger partial charge in [0.25, 0.3) is 0 Å². The first-order valence-electron chi connectivity index (χ1n) is 9.48. The van der Waals surface area contributed by atoms with Crippen LogP contribution in [0.1, 0.15) is 43.6 Å². The van der Waals surface area contributed by atoms with Crippen molar-refractivity contribution in [3.05, 3.63) is 35.9 Å². The molecule has 2 aliphatic heterocycles. The van der Waals surface area contributed by atoms with E-state index in [0.717, 1.165) is 25.9 Å². The van der Waals surface area contributed by atoms with Crippen molar-refractivity contribution in [1.29, 1.82) is 0 Å². The number of carbonyl (C=O) groups is 2. The van der Waals surface area contributed by atoms with E-state index in [9.17, 15) is 9.59 Å². The summed E-state index contributed by atoms with van der Waals surface area (Å²) in [5.74, 6) is 0.508. The fourth-order valence-corrected chi connectivity index (χ4v) is 4.08. The van der Waals surface area contributed by atoms with E-state index in [2.05, 4.69) is 35.2 Å². The molecule has 0 spiro atoms. The molecule has 2 N–H and O–H groups in total. The lowest BCUT2D eigenvalue weighted by Crippen LogP contribution is -2.46. The first-order valence-corrected chi connectivity index (χ1v) is 9.48. The van der Waals surface area contributed by atoms with E-state index in [4.69, 9.17) is 5.73 Å². The van der Waals surface area contributed by atoms with Crippen LogP contribution in [0.15, 0.2) is 30.3 Å². The Balaban J connectivity index is 1.47. The zero-order valence-electron chi connectivity index (χ0n) is 14.9. The highest BCUT2D eigenvalue weighted by Crippen LogP contribution is 2.28. The van der Waals surface area contributed by atoms with Crippen molar-refractivity contribution in [2.75, 3.05) is 32.7 Å². The molecular weight excluding hydrogens is 314 g/mol. The standard InChI is InChI=1S/C20H29N3O2/c21-20(25)18-9-13-23(14-10-18)19(24)15-22-11-4-7-17(8-12-22)16-5-2-1-3-6-16/h1-3,5-6,17-18H,4,7-15H2,(H2,21,25)/t17-/m1/s1. The summed E-state index contributed by atoms with van der Waals surface area (Å²) in [5, 5.41) is 0. The number of carbonyl (C=O) groups excluding carboxylic acids is 2. The van der Waals surface area contributed by atoms with Crippen LogP contribution < -0.4 is 5.73 Å². The molecule has 0 saturated carbocycles. The molecule has 1 aromatic carbocycles. The molecule has 2 aliphatic rings. The molecule has 0 aliphatic carbocycles. The van der Waals surface area contributed by atoms with Crippen LogP contribution in [0, 0.1) is 5.92 Å². The summed E-state index contributed by atoms with van der Waals surface area (Å²) in [5.41, 5.74) is 6.79. The Kier molecular flexibility index (Phi) is 6.08. The second kappa shape index (κ2) is 8.48. The summed E-state index contributed by atoms with van der Waals surface area (Å²) in [4.78, 5) is 28.0. The largest absolute Gasteiger partial charge is 0.369 e. The molecule has 2 amide bonds. The number of piperidine rings is 1. The van der Waals surface area contributed by atoms with Crippen molar-refractivity contribution in [1.82, 2.24) is 9.80 Å². The maximum absolute atomic E-state index is 12.6. The molecule has 2 heterocycles. The van der Waals surface area contributed by atoms with Gasteiger partial charge in [0.05, 0.1) is 6.54 Å². The third-order valence-corrected chi connectivity index (χ3v) is 5.70. The maximum atomic E-state index is 12.6. The van der Waals surface area contributed by atoms with Gasteiger partial charge in [-0.1, -0.05) is 30.3 Å². The lowest BCUT2D eigenvalue weighted by atomic mass is 9.92. The predicted molar refractivity (Wildman–Crippen MR) is 98.0 cm³/mol. The monoisotopic (exact) mass is 343 g/mol. The van der Waals surface area contributed by atoms with E-state index < -0.39 is 0 Å². The van der Waals surface area contributed by atoms with Crippen molar-refractivity contribution < 1.29 is 9.59 Å². The Bertz CT molecular complexity index is 582. The van der Waals surface area contributed by atoms with Gasteiger partial charge in [-0.25, -0.2) is 0 Å². The molecule has 25 heavy (non-hydrogen) atoms. The van der Waals surface area contributed by atoms with Gasteiger partial charge in [-0.15, -0.1) is 0 Å². The van der Waals surface area contributed by atoms with Crippen molar-refractivity contribution >= 4 is 11.8 Å². The minimum Gasteiger partial charge on any atom is -0.369 e. The summed E-state index contributed by atoms with van der Waals surface area (Å²) in [6.45, 7) is 3.79. The Morgan fingerprint density at radius 2 is 1.68 bits per heavy atom. The summed E-state index contributed by atoms with van der Waals surface area (Å²) >= 11 is 0. The topological polar surface area (TPSA) is 66.6 Å². The van der Waals surface area contributed by atoms with Crippen LogP contribution in [0.25, 0.3) is 0 Å². The Hall–Kier alpha value is -1.88. The molecule has 2 saturated heterocycles. The molecule has 5 heteroatoms. The van der Waals surface area contributed by atoms with Crippen molar-refractivity contribution in [2.45, 2.75) is 38.0 Å². The minimum absolute atomic E-state index is 0.0612. The van der Waals surface area contributed by atoms with Gasteiger partial charge in [-0.3, -0.25) is 14.5 Å². The minimum atomic E-state index is -0.230. The molecule has 1 atom stereocenters. The Labute approximate surface area is 150 Å². The molecule has 3 rings (SSSR count). The number of benzene rings is 1. The van der Waals surface area contributed by atoms with Crippen LogP contribution in [-0.4, -0.2) is 54.3 Å². The fourth-order valence-electron chi connectivity index (χ4n) is 4.08. The van der Waals surface area contributed by atoms with Gasteiger partial charge in [0, 0.05) is 19.0 Å². The van der Waals surface area contributed by atoms with Gasteiger partial charge in [-0.05, 0) is 56.7 Å². The first-order chi connectivity index (χ1) is 12.1. The lowest BCUT2D eigenvalue weighted by molar-refractivity contribution is -0.135. The average molecular weight is 343 g/mol. The number of nitrogens with two attached hydrogens (primary N) is 1. The SMILES string of the molecule is NC(=O)C1CCN(C(=O)CN2CCC[C@@H](c3ccccc3)CC2)CC1. The quantitative estimate of drug-likeness (QED) is 0.909. The van der Waals surface area contributed by atoms with E-state index in [-0.39, 0.29) is 17.7 Å². The molecule has 2 fully saturated rings. The van der Waals surface area contributed by atoms with Crippen LogP contribution in [-0.2, 0) is 9.59 Å². The number of amides is 2. The van der Waals surface area contributed by atoms with Gasteiger partial charge in [-0.2, -0.15) is 0 Å². The maximum Gasteiger partial charge on any atom is 0.236 e. The average Bonchev–Trinajstić information content (AvgIpc) is 2.88. The highest BCUT2D eigenvalue weighted by atomic mass is 16.2.